The first-order valence-corrected chi connectivity index (χ1v) is 9.52. The fourth-order valence-electron chi connectivity index (χ4n) is 3.32. The minimum Gasteiger partial charge on any atom is -0.394 e. The molecule has 0 aromatic heterocycles. The zero-order chi connectivity index (χ0) is 19.7. The maximum Gasteiger partial charge on any atom is 0.255 e. The van der Waals surface area contributed by atoms with E-state index in [1.165, 1.54) is 0 Å². The molecule has 0 bridgehead atoms. The minimum absolute atomic E-state index is 0.100. The third kappa shape index (κ3) is 5.95. The van der Waals surface area contributed by atoms with Crippen molar-refractivity contribution in [2.75, 3.05) is 13.2 Å². The Balaban J connectivity index is 2.84. The van der Waals surface area contributed by atoms with Gasteiger partial charge in [-0.05, 0) is 25.2 Å². The van der Waals surface area contributed by atoms with E-state index in [4.69, 9.17) is 5.21 Å². The number of hydrogen-bond donors (Lipinski definition) is 4. The number of aliphatic hydroxyl groups is 1. The maximum atomic E-state index is 12.9. The van der Waals surface area contributed by atoms with Crippen LogP contribution in [0.2, 0.25) is 0 Å². The number of likely N-dealkylation sites (tertiary alicyclic amines) is 1. The molecule has 0 saturated carbocycles. The summed E-state index contributed by atoms with van der Waals surface area (Å²) in [5.74, 6) is -2.75. The molecule has 8 heteroatoms. The van der Waals surface area contributed by atoms with E-state index in [0.717, 1.165) is 25.7 Å². The van der Waals surface area contributed by atoms with Gasteiger partial charge in [0.15, 0.2) is 0 Å². The second-order valence-electron chi connectivity index (χ2n) is 7.26. The molecule has 3 atom stereocenters. The normalized spacial score (nSPS) is 19.3. The number of nitrogens with one attached hydrogen (secondary N) is 2. The highest BCUT2D eigenvalue weighted by atomic mass is 16.5. The summed E-state index contributed by atoms with van der Waals surface area (Å²) < 4.78 is 0. The first kappa shape index (κ1) is 22.4. The zero-order valence-corrected chi connectivity index (χ0v) is 16.0. The van der Waals surface area contributed by atoms with Gasteiger partial charge in [0.1, 0.15) is 12.0 Å². The first-order chi connectivity index (χ1) is 12.4. The Kier molecular flexibility index (Phi) is 9.58. The Bertz CT molecular complexity index is 483. The third-order valence-corrected chi connectivity index (χ3v) is 4.94. The molecule has 4 N–H and O–H groups in total. The van der Waals surface area contributed by atoms with Gasteiger partial charge in [-0.15, -0.1) is 0 Å². The van der Waals surface area contributed by atoms with E-state index in [1.807, 2.05) is 20.8 Å². The van der Waals surface area contributed by atoms with Crippen LogP contribution in [-0.4, -0.2) is 58.2 Å². The molecule has 0 aliphatic carbocycles. The van der Waals surface area contributed by atoms with Gasteiger partial charge < -0.3 is 15.3 Å². The Labute approximate surface area is 155 Å². The lowest BCUT2D eigenvalue weighted by molar-refractivity contribution is -0.145. The maximum absolute atomic E-state index is 12.9. The number of hydroxylamine groups is 1. The predicted octanol–water partition coefficient (Wildman–Crippen LogP) is 0.812. The summed E-state index contributed by atoms with van der Waals surface area (Å²) in [7, 11) is 0. The largest absolute Gasteiger partial charge is 0.394 e. The molecule has 0 aromatic carbocycles. The van der Waals surface area contributed by atoms with Gasteiger partial charge in [0.25, 0.3) is 5.91 Å². The monoisotopic (exact) mass is 371 g/mol. The van der Waals surface area contributed by atoms with E-state index in [0.29, 0.717) is 19.4 Å². The lowest BCUT2D eigenvalue weighted by Crippen LogP contribution is -2.55. The molecule has 26 heavy (non-hydrogen) atoms. The number of nitrogens with zero attached hydrogens (tertiary/aromatic N) is 1. The highest BCUT2D eigenvalue weighted by Gasteiger charge is 2.36. The van der Waals surface area contributed by atoms with Crippen LogP contribution in [0.1, 0.15) is 59.3 Å². The summed E-state index contributed by atoms with van der Waals surface area (Å²) in [6.45, 7) is 6.12. The topological polar surface area (TPSA) is 119 Å². The van der Waals surface area contributed by atoms with Crippen molar-refractivity contribution in [3.63, 3.8) is 0 Å². The van der Waals surface area contributed by atoms with Crippen LogP contribution in [0.4, 0.5) is 0 Å². The molecule has 1 saturated heterocycles. The van der Waals surface area contributed by atoms with Crippen molar-refractivity contribution in [3.8, 4) is 0 Å². The van der Waals surface area contributed by atoms with Gasteiger partial charge in [0.05, 0.1) is 12.6 Å². The molecule has 0 aromatic rings. The highest BCUT2D eigenvalue weighted by molar-refractivity contribution is 6.01. The van der Waals surface area contributed by atoms with Gasteiger partial charge in [0.2, 0.25) is 11.8 Å². The lowest BCUT2D eigenvalue weighted by atomic mass is 9.97. The number of rotatable bonds is 10. The van der Waals surface area contributed by atoms with Crippen LogP contribution in [0.15, 0.2) is 0 Å². The number of amides is 3. The highest BCUT2D eigenvalue weighted by Crippen LogP contribution is 2.20. The summed E-state index contributed by atoms with van der Waals surface area (Å²) in [4.78, 5) is 39.0. The zero-order valence-electron chi connectivity index (χ0n) is 16.0. The summed E-state index contributed by atoms with van der Waals surface area (Å²) in [5, 5.41) is 21.1. The molecule has 0 spiro atoms. The van der Waals surface area contributed by atoms with Gasteiger partial charge in [-0.2, -0.15) is 0 Å². The summed E-state index contributed by atoms with van der Waals surface area (Å²) in [6.07, 6.45) is 4.38. The second-order valence-corrected chi connectivity index (χ2v) is 7.26. The fraction of sp³-hybridized carbons (Fsp3) is 0.833. The van der Waals surface area contributed by atoms with Crippen LogP contribution in [-0.2, 0) is 14.4 Å². The second kappa shape index (κ2) is 11.1. The SMILES string of the molecule is CCCCCC(C(=O)NO)C(=O)NC(C(=O)N1CCCC1CO)C(C)C. The van der Waals surface area contributed by atoms with Crippen molar-refractivity contribution >= 4 is 17.7 Å². The molecule has 1 fully saturated rings. The number of carbonyl (C=O) groups is 3. The number of carbonyl (C=O) groups excluding carboxylic acids is 3. The number of aliphatic hydroxyl groups excluding tert-OH is 1. The molecule has 150 valence electrons. The molecule has 1 aliphatic heterocycles. The Hall–Kier alpha value is -1.67. The standard InChI is InChI=1S/C18H33N3O5/c1-4-5-6-9-14(17(24)20-26)16(23)19-15(12(2)3)18(25)21-10-7-8-13(21)11-22/h12-15,22,26H,4-11H2,1-3H3,(H,19,23)(H,20,24). The van der Waals surface area contributed by atoms with Crippen LogP contribution in [0, 0.1) is 11.8 Å². The van der Waals surface area contributed by atoms with Gasteiger partial charge in [-0.3, -0.25) is 19.6 Å². The Morgan fingerprint density at radius 3 is 2.42 bits per heavy atom. The van der Waals surface area contributed by atoms with Gasteiger partial charge >= 0.3 is 0 Å². The molecule has 1 rings (SSSR count). The Morgan fingerprint density at radius 2 is 1.88 bits per heavy atom. The number of hydrogen-bond acceptors (Lipinski definition) is 5. The van der Waals surface area contributed by atoms with Crippen LogP contribution in [0.3, 0.4) is 0 Å². The fourth-order valence-corrected chi connectivity index (χ4v) is 3.32. The average Bonchev–Trinajstić information content (AvgIpc) is 3.10. The summed E-state index contributed by atoms with van der Waals surface area (Å²) in [5.41, 5.74) is 1.55. The van der Waals surface area contributed by atoms with E-state index in [-0.39, 0.29) is 24.5 Å². The van der Waals surface area contributed by atoms with Gasteiger partial charge in [-0.1, -0.05) is 40.0 Å². The quantitative estimate of drug-likeness (QED) is 0.196. The van der Waals surface area contributed by atoms with Gasteiger partial charge in [0, 0.05) is 6.54 Å². The van der Waals surface area contributed by atoms with Crippen LogP contribution < -0.4 is 10.8 Å². The predicted molar refractivity (Wildman–Crippen MR) is 96.2 cm³/mol. The molecule has 3 amide bonds. The summed E-state index contributed by atoms with van der Waals surface area (Å²) >= 11 is 0. The molecule has 0 radical (unpaired) electrons. The van der Waals surface area contributed by atoms with E-state index in [2.05, 4.69) is 5.32 Å². The van der Waals surface area contributed by atoms with Crippen molar-refractivity contribution in [3.05, 3.63) is 0 Å². The molecule has 1 heterocycles. The van der Waals surface area contributed by atoms with Crippen LogP contribution >= 0.6 is 0 Å². The lowest BCUT2D eigenvalue weighted by Gasteiger charge is -2.31. The van der Waals surface area contributed by atoms with Crippen molar-refractivity contribution in [2.24, 2.45) is 11.8 Å². The smallest absolute Gasteiger partial charge is 0.255 e. The molecular weight excluding hydrogens is 338 g/mol. The third-order valence-electron chi connectivity index (χ3n) is 4.94. The van der Waals surface area contributed by atoms with E-state index < -0.39 is 23.8 Å². The van der Waals surface area contributed by atoms with Crippen molar-refractivity contribution in [1.82, 2.24) is 15.7 Å². The van der Waals surface area contributed by atoms with Gasteiger partial charge in [-0.25, -0.2) is 5.48 Å². The van der Waals surface area contributed by atoms with E-state index in [9.17, 15) is 19.5 Å². The van der Waals surface area contributed by atoms with Crippen molar-refractivity contribution < 1.29 is 24.7 Å². The van der Waals surface area contributed by atoms with E-state index >= 15 is 0 Å². The minimum atomic E-state index is -1.03. The molecule has 8 nitrogen and oxygen atoms in total. The molecule has 3 unspecified atom stereocenters. The molecular formula is C18H33N3O5. The van der Waals surface area contributed by atoms with E-state index in [1.54, 1.807) is 10.4 Å². The van der Waals surface area contributed by atoms with Crippen LogP contribution in [0.5, 0.6) is 0 Å². The van der Waals surface area contributed by atoms with Crippen molar-refractivity contribution in [2.45, 2.75) is 71.4 Å². The number of unbranched alkanes of at least 4 members (excludes halogenated alkanes) is 2. The average molecular weight is 371 g/mol. The molecule has 1 aliphatic rings. The Morgan fingerprint density at radius 1 is 1.19 bits per heavy atom. The first-order valence-electron chi connectivity index (χ1n) is 9.52. The van der Waals surface area contributed by atoms with Crippen LogP contribution in [0.25, 0.3) is 0 Å². The summed E-state index contributed by atoms with van der Waals surface area (Å²) in [6, 6.07) is -0.989. The van der Waals surface area contributed by atoms with Crippen molar-refractivity contribution in [1.29, 1.82) is 0 Å².